The summed E-state index contributed by atoms with van der Waals surface area (Å²) in [6.07, 6.45) is 3.57. The molecule has 4 heteroatoms. The summed E-state index contributed by atoms with van der Waals surface area (Å²) in [5.41, 5.74) is 1.19. The van der Waals surface area contributed by atoms with E-state index in [1.165, 1.54) is 5.69 Å². The number of aromatic nitrogens is 1. The van der Waals surface area contributed by atoms with Gasteiger partial charge in [0.1, 0.15) is 0 Å². The molecule has 0 radical (unpaired) electrons. The topological polar surface area (TPSA) is 16.1 Å². The first-order valence-electron chi connectivity index (χ1n) is 2.88. The monoisotopic (exact) mass is 164 g/mol. The van der Waals surface area contributed by atoms with Gasteiger partial charge in [-0.1, -0.05) is 0 Å². The van der Waals surface area contributed by atoms with Gasteiger partial charge in [0.15, 0.2) is 0 Å². The fourth-order valence-corrected chi connectivity index (χ4v) is 0.642. The molecule has 0 N–H and O–H groups in total. The van der Waals surface area contributed by atoms with E-state index in [-0.39, 0.29) is 31.3 Å². The molecule has 0 spiro atoms. The molecule has 1 aromatic rings. The Kier molecular flexibility index (Phi) is 7.99. The van der Waals surface area contributed by atoms with Crippen LogP contribution in [-0.2, 0) is 0 Å². The fraction of sp³-hybridized carbons (Fsp3) is 0.286. The van der Waals surface area contributed by atoms with Crippen LogP contribution in [0.2, 0.25) is 0 Å². The Hall–Kier alpha value is -0.163. The van der Waals surface area contributed by atoms with Crippen LogP contribution in [0.1, 0.15) is 0 Å². The summed E-state index contributed by atoms with van der Waals surface area (Å²) in [5.74, 6) is 0. The molecule has 0 saturated heterocycles. The molecule has 0 aliphatic rings. The van der Waals surface area contributed by atoms with E-state index in [0.29, 0.717) is 0 Å². The number of halogens is 1. The molecule has 11 heavy (non-hydrogen) atoms. The summed E-state index contributed by atoms with van der Waals surface area (Å²) >= 11 is 0. The Morgan fingerprint density at radius 1 is 1.18 bits per heavy atom. The first-order chi connectivity index (χ1) is 4.30. The minimum atomic E-state index is 0. The largest absolute Gasteiger partial charge is 1.00 e. The van der Waals surface area contributed by atoms with E-state index in [1.807, 2.05) is 31.1 Å². The number of nitrogens with zero attached hydrogens (tertiary/aromatic N) is 2. The van der Waals surface area contributed by atoms with Gasteiger partial charge in [0.25, 0.3) is 0 Å². The summed E-state index contributed by atoms with van der Waals surface area (Å²) in [6.45, 7) is 0. The van der Waals surface area contributed by atoms with E-state index in [9.17, 15) is 0 Å². The van der Waals surface area contributed by atoms with Crippen LogP contribution < -0.4 is 36.2 Å². The van der Waals surface area contributed by atoms with E-state index in [1.54, 1.807) is 12.4 Å². The van der Waals surface area contributed by atoms with Crippen molar-refractivity contribution >= 4 is 5.69 Å². The van der Waals surface area contributed by atoms with Gasteiger partial charge in [0.2, 0.25) is 0 Å². The van der Waals surface area contributed by atoms with Crippen LogP contribution in [0, 0.1) is 0 Å². The molecule has 1 heterocycles. The predicted octanol–water partition coefficient (Wildman–Crippen LogP) is -4.84. The van der Waals surface area contributed by atoms with Gasteiger partial charge in [-0.2, -0.15) is 0 Å². The Morgan fingerprint density at radius 3 is 1.91 bits per heavy atom. The van der Waals surface area contributed by atoms with E-state index >= 15 is 0 Å². The van der Waals surface area contributed by atoms with Crippen LogP contribution in [-0.4, -0.2) is 19.1 Å². The summed E-state index contributed by atoms with van der Waals surface area (Å²) in [5, 5.41) is 0. The van der Waals surface area contributed by atoms with Crippen molar-refractivity contribution in [2.45, 2.75) is 0 Å². The van der Waals surface area contributed by atoms with Crippen LogP contribution in [0.25, 0.3) is 0 Å². The summed E-state index contributed by atoms with van der Waals surface area (Å²) in [6, 6.07) is 3.94. The molecule has 2 nitrogen and oxygen atoms in total. The zero-order valence-corrected chi connectivity index (χ0v) is 7.84. The van der Waals surface area contributed by atoms with Crippen molar-refractivity contribution < 1.29 is 31.3 Å². The Morgan fingerprint density at radius 2 is 1.64 bits per heavy atom. The molecule has 0 bridgehead atoms. The molecule has 1 rings (SSSR count). The second kappa shape index (κ2) is 6.54. The van der Waals surface area contributed by atoms with E-state index in [4.69, 9.17) is 0 Å². The predicted molar refractivity (Wildman–Crippen MR) is 38.6 cm³/mol. The van der Waals surface area contributed by atoms with Crippen molar-refractivity contribution in [1.82, 2.24) is 4.98 Å². The number of hydrogen-bond donors (Lipinski definition) is 0. The average Bonchev–Trinajstić information content (AvgIpc) is 1.90. The van der Waals surface area contributed by atoms with Crippen molar-refractivity contribution in [3.8, 4) is 0 Å². The maximum absolute atomic E-state index is 3.90. The van der Waals surface area contributed by atoms with Gasteiger partial charge in [-0.15, -0.1) is 0 Å². The third-order valence-corrected chi connectivity index (χ3v) is 1.18. The average molecular weight is 165 g/mol. The minimum absolute atomic E-state index is 0. The smallest absolute Gasteiger partial charge is 1.00 e. The SMILES string of the molecule is CN(C)c1ccncc1.[Cl-].[Li+]. The Bertz CT molecular complexity index is 179. The van der Waals surface area contributed by atoms with Crippen LogP contribution in [0.5, 0.6) is 0 Å². The van der Waals surface area contributed by atoms with E-state index < -0.39 is 0 Å². The van der Waals surface area contributed by atoms with Crippen LogP contribution in [0.4, 0.5) is 5.69 Å². The molecule has 0 saturated carbocycles. The van der Waals surface area contributed by atoms with Crippen molar-refractivity contribution in [3.63, 3.8) is 0 Å². The van der Waals surface area contributed by atoms with Crippen molar-refractivity contribution in [1.29, 1.82) is 0 Å². The molecular formula is C7H10ClLiN2. The van der Waals surface area contributed by atoms with Crippen molar-refractivity contribution in [2.75, 3.05) is 19.0 Å². The van der Waals surface area contributed by atoms with Gasteiger partial charge >= 0.3 is 18.9 Å². The summed E-state index contributed by atoms with van der Waals surface area (Å²) < 4.78 is 0. The summed E-state index contributed by atoms with van der Waals surface area (Å²) in [4.78, 5) is 5.94. The van der Waals surface area contributed by atoms with Gasteiger partial charge < -0.3 is 17.3 Å². The third kappa shape index (κ3) is 4.31. The van der Waals surface area contributed by atoms with Gasteiger partial charge in [-0.25, -0.2) is 0 Å². The molecule has 0 aliphatic carbocycles. The third-order valence-electron chi connectivity index (χ3n) is 1.18. The number of pyridine rings is 1. The normalized spacial score (nSPS) is 7.45. The van der Waals surface area contributed by atoms with Gasteiger partial charge in [-0.3, -0.25) is 4.98 Å². The minimum Gasteiger partial charge on any atom is -1.00 e. The molecule has 0 amide bonds. The zero-order chi connectivity index (χ0) is 6.69. The molecule has 0 fully saturated rings. The molecule has 56 valence electrons. The molecule has 1 aromatic heterocycles. The van der Waals surface area contributed by atoms with Gasteiger partial charge in [0, 0.05) is 32.2 Å². The zero-order valence-electron chi connectivity index (χ0n) is 7.08. The molecule has 0 unspecified atom stereocenters. The molecule has 0 atom stereocenters. The number of rotatable bonds is 1. The van der Waals surface area contributed by atoms with Gasteiger partial charge in [0.05, 0.1) is 0 Å². The standard InChI is InChI=1S/C7H10N2.ClH.Li/c1-9(2)7-3-5-8-6-4-7;;/h3-6H,1-2H3;1H;/q;;+1/p-1. The Labute approximate surface area is 85.6 Å². The first-order valence-corrected chi connectivity index (χ1v) is 2.88. The Balaban J connectivity index is 0. The van der Waals surface area contributed by atoms with Gasteiger partial charge in [-0.05, 0) is 12.1 Å². The molecule has 0 aromatic carbocycles. The van der Waals surface area contributed by atoms with E-state index in [2.05, 4.69) is 4.98 Å². The second-order valence-electron chi connectivity index (χ2n) is 2.10. The molecule has 0 aliphatic heterocycles. The van der Waals surface area contributed by atoms with Crippen molar-refractivity contribution in [2.24, 2.45) is 0 Å². The quantitative estimate of drug-likeness (QED) is 0.387. The summed E-state index contributed by atoms with van der Waals surface area (Å²) in [7, 11) is 4.02. The number of anilines is 1. The van der Waals surface area contributed by atoms with Crippen LogP contribution >= 0.6 is 0 Å². The van der Waals surface area contributed by atoms with Crippen molar-refractivity contribution in [3.05, 3.63) is 24.5 Å². The second-order valence-corrected chi connectivity index (χ2v) is 2.10. The fourth-order valence-electron chi connectivity index (χ4n) is 0.642. The number of hydrogen-bond acceptors (Lipinski definition) is 2. The maximum atomic E-state index is 3.90. The van der Waals surface area contributed by atoms with Crippen LogP contribution in [0.3, 0.4) is 0 Å². The van der Waals surface area contributed by atoms with Crippen LogP contribution in [0.15, 0.2) is 24.5 Å². The van der Waals surface area contributed by atoms with E-state index in [0.717, 1.165) is 0 Å². The first kappa shape index (κ1) is 13.4. The maximum Gasteiger partial charge on any atom is 1.00 e. The molecular weight excluding hydrogens is 154 g/mol.